The molecule has 0 radical (unpaired) electrons. The van der Waals surface area contributed by atoms with Crippen LogP contribution in [0.25, 0.3) is 0 Å². The van der Waals surface area contributed by atoms with E-state index in [1.165, 1.54) is 23.3 Å². The normalized spacial score (nSPS) is 24.9. The fourth-order valence-electron chi connectivity index (χ4n) is 3.36. The Kier molecular flexibility index (Phi) is 4.85. The molecule has 2 heterocycles. The molecule has 1 N–H and O–H groups in total. The van der Waals surface area contributed by atoms with E-state index in [0.717, 1.165) is 24.5 Å². The molecule has 7 heteroatoms. The Morgan fingerprint density at radius 3 is 3.09 bits per heavy atom. The van der Waals surface area contributed by atoms with Crippen molar-refractivity contribution in [3.05, 3.63) is 16.7 Å². The Labute approximate surface area is 134 Å². The van der Waals surface area contributed by atoms with E-state index in [4.69, 9.17) is 4.74 Å². The first-order valence-electron chi connectivity index (χ1n) is 7.63. The molecule has 0 bridgehead atoms. The van der Waals surface area contributed by atoms with E-state index >= 15 is 0 Å². The van der Waals surface area contributed by atoms with Crippen LogP contribution in [-0.4, -0.2) is 47.7 Å². The summed E-state index contributed by atoms with van der Waals surface area (Å²) in [6.45, 7) is 5.11. The average molecular weight is 322 g/mol. The second-order valence-electron chi connectivity index (χ2n) is 6.19. The predicted octanol–water partition coefficient (Wildman–Crippen LogP) is 1.91. The van der Waals surface area contributed by atoms with Crippen molar-refractivity contribution in [3.8, 4) is 0 Å². The number of hydrogen-bond acceptors (Lipinski definition) is 6. The van der Waals surface area contributed by atoms with E-state index in [0.29, 0.717) is 30.1 Å². The number of rotatable bonds is 5. The first kappa shape index (κ1) is 15.6. The second-order valence-corrected chi connectivity index (χ2v) is 7.25. The number of carbonyl (C=O) groups excluding carboxylic acids is 1. The van der Waals surface area contributed by atoms with Gasteiger partial charge >= 0.3 is 0 Å². The van der Waals surface area contributed by atoms with E-state index < -0.39 is 0 Å². The van der Waals surface area contributed by atoms with Gasteiger partial charge in [-0.15, -0.1) is 10.2 Å². The molecule has 1 amide bonds. The van der Waals surface area contributed by atoms with Crippen LogP contribution >= 0.6 is 11.3 Å². The highest BCUT2D eigenvalue weighted by atomic mass is 32.1. The van der Waals surface area contributed by atoms with Crippen molar-refractivity contribution < 1.29 is 9.53 Å². The summed E-state index contributed by atoms with van der Waals surface area (Å²) in [7, 11) is 1.61. The molecule has 22 heavy (non-hydrogen) atoms. The van der Waals surface area contributed by atoms with E-state index in [1.54, 1.807) is 7.11 Å². The van der Waals surface area contributed by atoms with Gasteiger partial charge in [0.25, 0.3) is 0 Å². The van der Waals surface area contributed by atoms with Crippen molar-refractivity contribution in [1.82, 2.24) is 15.1 Å². The zero-order chi connectivity index (χ0) is 15.5. The summed E-state index contributed by atoms with van der Waals surface area (Å²) >= 11 is 1.36. The van der Waals surface area contributed by atoms with Crippen LogP contribution in [-0.2, 0) is 16.1 Å². The Hall–Kier alpha value is -1.31. The van der Waals surface area contributed by atoms with Gasteiger partial charge in [-0.05, 0) is 31.6 Å². The lowest BCUT2D eigenvalue weighted by Gasteiger charge is -2.22. The highest BCUT2D eigenvalue weighted by molar-refractivity contribution is 7.15. The molecule has 0 saturated carbocycles. The molecule has 1 aromatic heterocycles. The first-order valence-corrected chi connectivity index (χ1v) is 8.45. The minimum atomic E-state index is -0.0107. The quantitative estimate of drug-likeness (QED) is 0.839. The maximum Gasteiger partial charge on any atom is 0.240 e. The number of ether oxygens (including phenoxy) is 1. The van der Waals surface area contributed by atoms with Crippen LogP contribution in [0.3, 0.4) is 0 Å². The molecule has 1 aromatic rings. The van der Waals surface area contributed by atoms with Crippen molar-refractivity contribution >= 4 is 22.4 Å². The van der Waals surface area contributed by atoms with Crippen LogP contribution in [0.4, 0.5) is 5.13 Å². The summed E-state index contributed by atoms with van der Waals surface area (Å²) in [5.41, 5.74) is 1.49. The maximum absolute atomic E-state index is 12.1. The smallest absolute Gasteiger partial charge is 0.240 e. The van der Waals surface area contributed by atoms with Crippen molar-refractivity contribution in [2.24, 2.45) is 11.8 Å². The summed E-state index contributed by atoms with van der Waals surface area (Å²) in [6, 6.07) is 0. The minimum Gasteiger partial charge on any atom is -0.377 e. The van der Waals surface area contributed by atoms with Crippen LogP contribution in [0.1, 0.15) is 24.8 Å². The molecule has 1 saturated heterocycles. The minimum absolute atomic E-state index is 0.0107. The second kappa shape index (κ2) is 6.85. The van der Waals surface area contributed by atoms with Crippen LogP contribution in [0.5, 0.6) is 0 Å². The van der Waals surface area contributed by atoms with E-state index in [-0.39, 0.29) is 5.91 Å². The zero-order valence-corrected chi connectivity index (χ0v) is 13.9. The first-order chi connectivity index (χ1) is 10.6. The van der Waals surface area contributed by atoms with Crippen LogP contribution < -0.4 is 5.32 Å². The number of amides is 1. The average Bonchev–Trinajstić information content (AvgIpc) is 3.05. The van der Waals surface area contributed by atoms with Gasteiger partial charge in [0.05, 0.1) is 6.54 Å². The summed E-state index contributed by atoms with van der Waals surface area (Å²) in [6.07, 6.45) is 4.69. The lowest BCUT2D eigenvalue weighted by atomic mass is 9.83. The van der Waals surface area contributed by atoms with Gasteiger partial charge in [0.15, 0.2) is 0 Å². The number of aromatic nitrogens is 2. The van der Waals surface area contributed by atoms with Gasteiger partial charge in [-0.2, -0.15) is 0 Å². The fourth-order valence-corrected chi connectivity index (χ4v) is 4.09. The molecule has 2 atom stereocenters. The standard InChI is InChI=1S/C15H22N4O2S/c1-10-3-4-11-6-19(7-12(11)5-10)8-13(20)16-15-18-17-14(22-15)9-21-2/h3,11-12H,4-9H2,1-2H3,(H,16,18,20)/t11-,12+/m0/s1. The maximum atomic E-state index is 12.1. The van der Waals surface area contributed by atoms with Crippen molar-refractivity contribution in [2.75, 3.05) is 32.1 Å². The Morgan fingerprint density at radius 1 is 1.45 bits per heavy atom. The predicted molar refractivity (Wildman–Crippen MR) is 85.7 cm³/mol. The molecular weight excluding hydrogens is 300 g/mol. The zero-order valence-electron chi connectivity index (χ0n) is 13.0. The van der Waals surface area contributed by atoms with Crippen molar-refractivity contribution in [2.45, 2.75) is 26.4 Å². The lowest BCUT2D eigenvalue weighted by molar-refractivity contribution is -0.117. The molecule has 1 aliphatic heterocycles. The number of methoxy groups -OCH3 is 1. The van der Waals surface area contributed by atoms with Crippen LogP contribution in [0.2, 0.25) is 0 Å². The molecule has 1 fully saturated rings. The number of fused-ring (bicyclic) bond motifs is 1. The fraction of sp³-hybridized carbons (Fsp3) is 0.667. The molecule has 0 aromatic carbocycles. The van der Waals surface area contributed by atoms with Gasteiger partial charge in [-0.25, -0.2) is 0 Å². The molecule has 0 unspecified atom stereocenters. The largest absolute Gasteiger partial charge is 0.377 e. The van der Waals surface area contributed by atoms with Gasteiger partial charge in [-0.1, -0.05) is 23.0 Å². The molecule has 0 spiro atoms. The van der Waals surface area contributed by atoms with E-state index in [2.05, 4.69) is 33.4 Å². The van der Waals surface area contributed by atoms with Crippen LogP contribution in [0, 0.1) is 11.8 Å². The third-order valence-electron chi connectivity index (χ3n) is 4.35. The number of hydrogen-bond donors (Lipinski definition) is 1. The van der Waals surface area contributed by atoms with Gasteiger partial charge < -0.3 is 4.74 Å². The molecule has 1 aliphatic carbocycles. The number of carbonyl (C=O) groups is 1. The molecule has 2 aliphatic rings. The number of anilines is 1. The third kappa shape index (κ3) is 3.71. The third-order valence-corrected chi connectivity index (χ3v) is 5.17. The van der Waals surface area contributed by atoms with Gasteiger partial charge in [0, 0.05) is 20.2 Å². The molecule has 6 nitrogen and oxygen atoms in total. The Bertz CT molecular complexity index is 572. The molecule has 3 rings (SSSR count). The Balaban J connectivity index is 1.48. The van der Waals surface area contributed by atoms with Crippen molar-refractivity contribution in [3.63, 3.8) is 0 Å². The number of nitrogens with zero attached hydrogens (tertiary/aromatic N) is 3. The summed E-state index contributed by atoms with van der Waals surface area (Å²) < 4.78 is 5.00. The van der Waals surface area contributed by atoms with E-state index in [9.17, 15) is 4.79 Å². The summed E-state index contributed by atoms with van der Waals surface area (Å²) in [5.74, 6) is 1.42. The van der Waals surface area contributed by atoms with Gasteiger partial charge in [0.2, 0.25) is 11.0 Å². The number of likely N-dealkylation sites (tertiary alicyclic amines) is 1. The monoisotopic (exact) mass is 322 g/mol. The Morgan fingerprint density at radius 2 is 2.27 bits per heavy atom. The van der Waals surface area contributed by atoms with E-state index in [1.807, 2.05) is 0 Å². The number of nitrogens with one attached hydrogen (secondary N) is 1. The summed E-state index contributed by atoms with van der Waals surface area (Å²) in [4.78, 5) is 14.4. The highest BCUT2D eigenvalue weighted by Gasteiger charge is 2.34. The topological polar surface area (TPSA) is 67.4 Å². The van der Waals surface area contributed by atoms with Crippen LogP contribution in [0.15, 0.2) is 11.6 Å². The lowest BCUT2D eigenvalue weighted by Crippen LogP contribution is -2.31. The highest BCUT2D eigenvalue weighted by Crippen LogP contribution is 2.35. The molecule has 120 valence electrons. The summed E-state index contributed by atoms with van der Waals surface area (Å²) in [5, 5.41) is 12.1. The van der Waals surface area contributed by atoms with Gasteiger partial charge in [-0.3, -0.25) is 15.0 Å². The number of allylic oxidation sites excluding steroid dienone is 2. The SMILES string of the molecule is COCc1nnc(NC(=O)CN2C[C@H]3CC(C)=CC[C@H]3C2)s1. The molecular formula is C15H22N4O2S. The van der Waals surface area contributed by atoms with Gasteiger partial charge in [0.1, 0.15) is 11.6 Å². The van der Waals surface area contributed by atoms with Crippen molar-refractivity contribution in [1.29, 1.82) is 0 Å².